The van der Waals surface area contributed by atoms with Gasteiger partial charge in [0.25, 0.3) is 0 Å². The summed E-state index contributed by atoms with van der Waals surface area (Å²) in [6, 6.07) is 26.5. The first-order valence-corrected chi connectivity index (χ1v) is 14.9. The lowest BCUT2D eigenvalue weighted by atomic mass is 9.76. The van der Waals surface area contributed by atoms with Gasteiger partial charge in [0.15, 0.2) is 11.4 Å². The molecule has 0 radical (unpaired) electrons. The Morgan fingerprint density at radius 1 is 0.675 bits per heavy atom. The molecule has 2 aliphatic rings. The van der Waals surface area contributed by atoms with Gasteiger partial charge in [0.05, 0.1) is 15.7 Å². The zero-order chi connectivity index (χ0) is 28.0. The van der Waals surface area contributed by atoms with E-state index < -0.39 is 5.60 Å². The molecule has 0 aromatic heterocycles. The van der Waals surface area contributed by atoms with Crippen LogP contribution in [0.3, 0.4) is 0 Å². The molecule has 6 heteroatoms. The third kappa shape index (κ3) is 3.76. The van der Waals surface area contributed by atoms with Crippen LogP contribution in [0.1, 0.15) is 54.7 Å². The molecule has 0 saturated heterocycles. The molecule has 1 atom stereocenters. The van der Waals surface area contributed by atoms with Gasteiger partial charge in [-0.2, -0.15) is 0 Å². The van der Waals surface area contributed by atoms with E-state index in [0.717, 1.165) is 69.8 Å². The Bertz CT molecular complexity index is 1590. The monoisotopic (exact) mass is 596 g/mol. The number of ether oxygens (including phenoxy) is 2. The van der Waals surface area contributed by atoms with E-state index in [0.29, 0.717) is 17.1 Å². The van der Waals surface area contributed by atoms with Crippen LogP contribution in [0.2, 0.25) is 0 Å². The SMILES string of the molecule is CCN(CC)c1ccc2c(c1Br)Oc1c(ccc(N(CC)CC)c1-c1ccccc1)C21OC(=O)c2ccccc21. The van der Waals surface area contributed by atoms with Gasteiger partial charge in [-0.3, -0.25) is 0 Å². The van der Waals surface area contributed by atoms with E-state index in [2.05, 4.69) is 89.8 Å². The Morgan fingerprint density at radius 2 is 1.25 bits per heavy atom. The number of benzene rings is 4. The summed E-state index contributed by atoms with van der Waals surface area (Å²) in [5.41, 5.74) is 6.10. The number of anilines is 2. The van der Waals surface area contributed by atoms with Gasteiger partial charge in [0, 0.05) is 54.1 Å². The van der Waals surface area contributed by atoms with E-state index in [4.69, 9.17) is 9.47 Å². The minimum atomic E-state index is -1.13. The summed E-state index contributed by atoms with van der Waals surface area (Å²) in [5, 5.41) is 0. The number of halogens is 1. The minimum absolute atomic E-state index is 0.326. The maximum absolute atomic E-state index is 13.4. The Hall–Kier alpha value is -3.77. The number of carbonyl (C=O) groups is 1. The predicted octanol–water partition coefficient (Wildman–Crippen LogP) is 8.38. The summed E-state index contributed by atoms with van der Waals surface area (Å²) in [6.07, 6.45) is 0. The third-order valence-electron chi connectivity index (χ3n) is 8.22. The highest BCUT2D eigenvalue weighted by Crippen LogP contribution is 2.61. The molecule has 0 bridgehead atoms. The van der Waals surface area contributed by atoms with Crippen LogP contribution in [0, 0.1) is 0 Å². The Balaban J connectivity index is 1.74. The molecule has 0 N–H and O–H groups in total. The Morgan fingerprint density at radius 3 is 1.93 bits per heavy atom. The lowest BCUT2D eigenvalue weighted by Gasteiger charge is -2.39. The molecular formula is C34H33BrN2O3. The Labute approximate surface area is 244 Å². The predicted molar refractivity (Wildman–Crippen MR) is 165 cm³/mol. The number of esters is 1. The number of hydrogen-bond acceptors (Lipinski definition) is 5. The number of hydrogen-bond donors (Lipinski definition) is 0. The molecule has 6 rings (SSSR count). The largest absolute Gasteiger partial charge is 0.454 e. The average molecular weight is 598 g/mol. The van der Waals surface area contributed by atoms with Gasteiger partial charge in [-0.05, 0) is 79.5 Å². The molecule has 2 heterocycles. The lowest BCUT2D eigenvalue weighted by Crippen LogP contribution is -2.34. The van der Waals surface area contributed by atoms with Crippen LogP contribution < -0.4 is 14.5 Å². The second kappa shape index (κ2) is 10.3. The van der Waals surface area contributed by atoms with Gasteiger partial charge in [-0.25, -0.2) is 4.79 Å². The molecule has 0 amide bonds. The highest BCUT2D eigenvalue weighted by Gasteiger charge is 2.54. The molecule has 1 spiro atoms. The number of rotatable bonds is 7. The van der Waals surface area contributed by atoms with Crippen molar-refractivity contribution in [1.29, 1.82) is 0 Å². The number of fused-ring (bicyclic) bond motifs is 6. The fraction of sp³-hybridized carbons (Fsp3) is 0.265. The summed E-state index contributed by atoms with van der Waals surface area (Å²) in [5.74, 6) is 1.06. The fourth-order valence-electron chi connectivity index (χ4n) is 6.26. The summed E-state index contributed by atoms with van der Waals surface area (Å²) >= 11 is 3.92. The topological polar surface area (TPSA) is 42.0 Å². The fourth-order valence-corrected chi connectivity index (χ4v) is 6.94. The molecule has 1 unspecified atom stereocenters. The van der Waals surface area contributed by atoms with Crippen LogP contribution >= 0.6 is 15.9 Å². The van der Waals surface area contributed by atoms with Crippen LogP contribution in [-0.2, 0) is 10.3 Å². The maximum Gasteiger partial charge on any atom is 0.340 e. The first kappa shape index (κ1) is 26.5. The molecule has 2 aliphatic heterocycles. The first-order valence-electron chi connectivity index (χ1n) is 14.1. The van der Waals surface area contributed by atoms with Gasteiger partial charge in [0.1, 0.15) is 5.75 Å². The molecule has 5 nitrogen and oxygen atoms in total. The Kier molecular flexibility index (Phi) is 6.83. The number of nitrogens with zero attached hydrogens (tertiary/aromatic N) is 2. The lowest BCUT2D eigenvalue weighted by molar-refractivity contribution is 0.0224. The summed E-state index contributed by atoms with van der Waals surface area (Å²) in [6.45, 7) is 12.0. The molecule has 4 aromatic carbocycles. The van der Waals surface area contributed by atoms with Crippen LogP contribution in [-0.4, -0.2) is 32.1 Å². The first-order chi connectivity index (χ1) is 19.5. The second-order valence-corrected chi connectivity index (χ2v) is 10.8. The second-order valence-electron chi connectivity index (χ2n) is 10.0. The standard InChI is InChI=1S/C34H33BrN2O3/c1-5-36(6-2)27-20-18-25-31(29(27)22-14-10-9-11-15-22)39-32-26(19-21-28(30(32)35)37(7-3)8-4)34(25)24-17-13-12-16-23(24)33(38)40-34/h9-21H,5-8H2,1-4H3. The molecule has 0 saturated carbocycles. The van der Waals surface area contributed by atoms with Crippen molar-refractivity contribution in [1.82, 2.24) is 0 Å². The normalized spacial score (nSPS) is 16.6. The maximum atomic E-state index is 13.4. The van der Waals surface area contributed by atoms with E-state index in [1.54, 1.807) is 0 Å². The summed E-state index contributed by atoms with van der Waals surface area (Å²) < 4.78 is 14.4. The van der Waals surface area contributed by atoms with Gasteiger partial charge >= 0.3 is 5.97 Å². The van der Waals surface area contributed by atoms with Crippen LogP contribution in [0.5, 0.6) is 11.5 Å². The molecular weight excluding hydrogens is 564 g/mol. The van der Waals surface area contributed by atoms with Gasteiger partial charge in [-0.1, -0.05) is 48.5 Å². The van der Waals surface area contributed by atoms with Crippen molar-refractivity contribution in [3.8, 4) is 22.6 Å². The van der Waals surface area contributed by atoms with Crippen molar-refractivity contribution < 1.29 is 14.3 Å². The minimum Gasteiger partial charge on any atom is -0.454 e. The summed E-state index contributed by atoms with van der Waals surface area (Å²) in [4.78, 5) is 18.1. The average Bonchev–Trinajstić information content (AvgIpc) is 3.28. The van der Waals surface area contributed by atoms with E-state index in [-0.39, 0.29) is 5.97 Å². The van der Waals surface area contributed by atoms with Crippen LogP contribution in [0.4, 0.5) is 11.4 Å². The highest BCUT2D eigenvalue weighted by molar-refractivity contribution is 9.10. The zero-order valence-electron chi connectivity index (χ0n) is 23.3. The van der Waals surface area contributed by atoms with Crippen molar-refractivity contribution in [3.05, 3.63) is 106 Å². The van der Waals surface area contributed by atoms with Crippen molar-refractivity contribution in [2.24, 2.45) is 0 Å². The summed E-state index contributed by atoms with van der Waals surface area (Å²) in [7, 11) is 0. The van der Waals surface area contributed by atoms with Gasteiger partial charge < -0.3 is 19.3 Å². The van der Waals surface area contributed by atoms with E-state index in [9.17, 15) is 4.79 Å². The third-order valence-corrected chi connectivity index (χ3v) is 8.98. The molecule has 204 valence electrons. The van der Waals surface area contributed by atoms with Crippen molar-refractivity contribution in [3.63, 3.8) is 0 Å². The number of carbonyl (C=O) groups excluding carboxylic acids is 1. The zero-order valence-corrected chi connectivity index (χ0v) is 24.9. The van der Waals surface area contributed by atoms with Crippen molar-refractivity contribution in [2.75, 3.05) is 36.0 Å². The van der Waals surface area contributed by atoms with Crippen molar-refractivity contribution in [2.45, 2.75) is 33.3 Å². The van der Waals surface area contributed by atoms with E-state index >= 15 is 0 Å². The van der Waals surface area contributed by atoms with Crippen LogP contribution in [0.25, 0.3) is 11.1 Å². The van der Waals surface area contributed by atoms with E-state index in [1.165, 1.54) is 0 Å². The van der Waals surface area contributed by atoms with E-state index in [1.807, 2.05) is 42.5 Å². The van der Waals surface area contributed by atoms with Gasteiger partial charge in [-0.15, -0.1) is 0 Å². The highest BCUT2D eigenvalue weighted by atomic mass is 79.9. The molecule has 4 aromatic rings. The van der Waals surface area contributed by atoms with Crippen molar-refractivity contribution >= 4 is 33.3 Å². The van der Waals surface area contributed by atoms with Gasteiger partial charge in [0.2, 0.25) is 0 Å². The molecule has 0 aliphatic carbocycles. The molecule has 40 heavy (non-hydrogen) atoms. The van der Waals surface area contributed by atoms with Crippen LogP contribution in [0.15, 0.2) is 83.3 Å². The smallest absolute Gasteiger partial charge is 0.340 e. The molecule has 0 fully saturated rings. The quantitative estimate of drug-likeness (QED) is 0.200.